The lowest BCUT2D eigenvalue weighted by molar-refractivity contribution is 0.0948. The van der Waals surface area contributed by atoms with Crippen LogP contribution in [-0.4, -0.2) is 37.9 Å². The van der Waals surface area contributed by atoms with E-state index in [9.17, 15) is 13.2 Å². The standard InChI is InChI=1S/C15H19N3O4S/c1-10-14(11(2)22-17-10)15(19)16-9-12-7-5-6-8-13(12)23(20,21)18(3)4/h5-8H,9H2,1-4H3,(H,16,19). The van der Waals surface area contributed by atoms with Gasteiger partial charge in [-0.15, -0.1) is 0 Å². The second kappa shape index (κ2) is 6.51. The molecule has 0 atom stereocenters. The highest BCUT2D eigenvalue weighted by molar-refractivity contribution is 7.89. The molecule has 1 N–H and O–H groups in total. The molecule has 1 aromatic heterocycles. The lowest BCUT2D eigenvalue weighted by atomic mass is 10.1. The number of hydrogen-bond donors (Lipinski definition) is 1. The van der Waals surface area contributed by atoms with Crippen LogP contribution in [0.5, 0.6) is 0 Å². The number of benzene rings is 1. The number of nitrogens with zero attached hydrogens (tertiary/aromatic N) is 2. The van der Waals surface area contributed by atoms with Crippen molar-refractivity contribution in [1.82, 2.24) is 14.8 Å². The van der Waals surface area contributed by atoms with Gasteiger partial charge in [0.25, 0.3) is 5.91 Å². The molecule has 23 heavy (non-hydrogen) atoms. The smallest absolute Gasteiger partial charge is 0.257 e. The van der Waals surface area contributed by atoms with Crippen molar-refractivity contribution in [2.45, 2.75) is 25.3 Å². The van der Waals surface area contributed by atoms with Crippen molar-refractivity contribution < 1.29 is 17.7 Å². The maximum Gasteiger partial charge on any atom is 0.257 e. The number of carbonyl (C=O) groups excluding carboxylic acids is 1. The van der Waals surface area contributed by atoms with Crippen LogP contribution >= 0.6 is 0 Å². The largest absolute Gasteiger partial charge is 0.361 e. The van der Waals surface area contributed by atoms with Crippen molar-refractivity contribution in [2.24, 2.45) is 0 Å². The summed E-state index contributed by atoms with van der Waals surface area (Å²) in [6, 6.07) is 6.57. The molecule has 0 spiro atoms. The fourth-order valence-electron chi connectivity index (χ4n) is 2.17. The van der Waals surface area contributed by atoms with E-state index in [2.05, 4.69) is 10.5 Å². The van der Waals surface area contributed by atoms with Crippen LogP contribution in [0.25, 0.3) is 0 Å². The van der Waals surface area contributed by atoms with Crippen molar-refractivity contribution >= 4 is 15.9 Å². The van der Waals surface area contributed by atoms with Gasteiger partial charge in [0.15, 0.2) is 0 Å². The summed E-state index contributed by atoms with van der Waals surface area (Å²) in [6.07, 6.45) is 0. The molecule has 1 heterocycles. The van der Waals surface area contributed by atoms with Crippen molar-refractivity contribution in [2.75, 3.05) is 14.1 Å². The molecule has 124 valence electrons. The van der Waals surface area contributed by atoms with Gasteiger partial charge in [-0.25, -0.2) is 12.7 Å². The molecule has 0 aliphatic rings. The topological polar surface area (TPSA) is 92.5 Å². The number of amides is 1. The Morgan fingerprint density at radius 3 is 2.48 bits per heavy atom. The molecular weight excluding hydrogens is 318 g/mol. The number of hydrogen-bond acceptors (Lipinski definition) is 5. The third-order valence-electron chi connectivity index (χ3n) is 3.43. The fraction of sp³-hybridized carbons (Fsp3) is 0.333. The van der Waals surface area contributed by atoms with Gasteiger partial charge in [-0.05, 0) is 25.5 Å². The highest BCUT2D eigenvalue weighted by Gasteiger charge is 2.22. The summed E-state index contributed by atoms with van der Waals surface area (Å²) in [4.78, 5) is 12.4. The van der Waals surface area contributed by atoms with Crippen LogP contribution in [0.15, 0.2) is 33.7 Å². The van der Waals surface area contributed by atoms with E-state index >= 15 is 0 Å². The van der Waals surface area contributed by atoms with E-state index in [4.69, 9.17) is 4.52 Å². The Balaban J connectivity index is 2.24. The minimum atomic E-state index is -3.57. The number of sulfonamides is 1. The van der Waals surface area contributed by atoms with Crippen molar-refractivity contribution in [3.8, 4) is 0 Å². The van der Waals surface area contributed by atoms with Gasteiger partial charge in [0.1, 0.15) is 11.3 Å². The Hall–Kier alpha value is -2.19. The quantitative estimate of drug-likeness (QED) is 0.892. The summed E-state index contributed by atoms with van der Waals surface area (Å²) in [5.74, 6) is 0.0764. The molecule has 8 heteroatoms. The zero-order chi connectivity index (χ0) is 17.2. The Kier molecular flexibility index (Phi) is 4.86. The summed E-state index contributed by atoms with van der Waals surface area (Å²) in [5, 5.41) is 6.45. The van der Waals surface area contributed by atoms with Gasteiger partial charge in [0, 0.05) is 20.6 Å². The molecule has 0 saturated carbocycles. The van der Waals surface area contributed by atoms with Gasteiger partial charge in [0.2, 0.25) is 10.0 Å². The summed E-state index contributed by atoms with van der Waals surface area (Å²) in [6.45, 7) is 3.42. The molecule has 1 aromatic carbocycles. The second-order valence-corrected chi connectivity index (χ2v) is 7.40. The molecule has 0 aliphatic carbocycles. The molecule has 0 bridgehead atoms. The molecule has 1 amide bonds. The molecular formula is C15H19N3O4S. The number of nitrogens with one attached hydrogen (secondary N) is 1. The normalized spacial score (nSPS) is 11.7. The van der Waals surface area contributed by atoms with Crippen LogP contribution in [0.2, 0.25) is 0 Å². The summed E-state index contributed by atoms with van der Waals surface area (Å²) >= 11 is 0. The zero-order valence-corrected chi connectivity index (χ0v) is 14.3. The summed E-state index contributed by atoms with van der Waals surface area (Å²) < 4.78 is 30.8. The monoisotopic (exact) mass is 337 g/mol. The van der Waals surface area contributed by atoms with Crippen LogP contribution in [0, 0.1) is 13.8 Å². The first kappa shape index (κ1) is 17.2. The van der Waals surface area contributed by atoms with Gasteiger partial charge >= 0.3 is 0 Å². The minimum absolute atomic E-state index is 0.0894. The molecule has 0 saturated heterocycles. The van der Waals surface area contributed by atoms with Crippen LogP contribution < -0.4 is 5.32 Å². The Labute approximate surface area is 135 Å². The lowest BCUT2D eigenvalue weighted by Crippen LogP contribution is -2.27. The third kappa shape index (κ3) is 3.43. The predicted molar refractivity (Wildman–Crippen MR) is 84.5 cm³/mol. The Bertz CT molecular complexity index is 805. The molecule has 0 aliphatic heterocycles. The van der Waals surface area contributed by atoms with Crippen molar-refractivity contribution in [1.29, 1.82) is 0 Å². The molecule has 0 unspecified atom stereocenters. The maximum absolute atomic E-state index is 12.3. The summed E-state index contributed by atoms with van der Waals surface area (Å²) in [5.41, 5.74) is 1.38. The Morgan fingerprint density at radius 1 is 1.26 bits per heavy atom. The Morgan fingerprint density at radius 2 is 1.91 bits per heavy atom. The molecule has 0 fully saturated rings. The number of rotatable bonds is 5. The molecule has 7 nitrogen and oxygen atoms in total. The van der Waals surface area contributed by atoms with Crippen LogP contribution in [0.3, 0.4) is 0 Å². The van der Waals surface area contributed by atoms with E-state index < -0.39 is 10.0 Å². The number of aromatic nitrogens is 1. The summed E-state index contributed by atoms with van der Waals surface area (Å²) in [7, 11) is -0.641. The minimum Gasteiger partial charge on any atom is -0.361 e. The maximum atomic E-state index is 12.3. The lowest BCUT2D eigenvalue weighted by Gasteiger charge is -2.15. The first-order chi connectivity index (χ1) is 10.7. The van der Waals surface area contributed by atoms with Gasteiger partial charge in [0.05, 0.1) is 10.6 Å². The van der Waals surface area contributed by atoms with E-state index in [1.54, 1.807) is 32.0 Å². The van der Waals surface area contributed by atoms with Crippen molar-refractivity contribution in [3.63, 3.8) is 0 Å². The molecule has 2 rings (SSSR count). The highest BCUT2D eigenvalue weighted by atomic mass is 32.2. The van der Waals surface area contributed by atoms with Gasteiger partial charge < -0.3 is 9.84 Å². The number of aryl methyl sites for hydroxylation is 2. The second-order valence-electron chi connectivity index (χ2n) is 5.28. The van der Waals surface area contributed by atoms with Crippen LogP contribution in [-0.2, 0) is 16.6 Å². The molecule has 0 radical (unpaired) electrons. The average molecular weight is 337 g/mol. The average Bonchev–Trinajstić information content (AvgIpc) is 2.84. The van der Waals surface area contributed by atoms with E-state index in [1.165, 1.54) is 20.2 Å². The van der Waals surface area contributed by atoms with E-state index in [0.29, 0.717) is 22.6 Å². The van der Waals surface area contributed by atoms with Gasteiger partial charge in [-0.3, -0.25) is 4.79 Å². The highest BCUT2D eigenvalue weighted by Crippen LogP contribution is 2.19. The van der Waals surface area contributed by atoms with Crippen LogP contribution in [0.1, 0.15) is 27.4 Å². The van der Waals surface area contributed by atoms with E-state index in [1.807, 2.05) is 0 Å². The van der Waals surface area contributed by atoms with Gasteiger partial charge in [-0.1, -0.05) is 23.4 Å². The molecule has 2 aromatic rings. The SMILES string of the molecule is Cc1noc(C)c1C(=O)NCc1ccccc1S(=O)(=O)N(C)C. The first-order valence-electron chi connectivity index (χ1n) is 6.96. The fourth-order valence-corrected chi connectivity index (χ4v) is 3.28. The third-order valence-corrected chi connectivity index (χ3v) is 5.35. The van der Waals surface area contributed by atoms with E-state index in [0.717, 1.165) is 4.31 Å². The zero-order valence-electron chi connectivity index (χ0n) is 13.5. The van der Waals surface area contributed by atoms with E-state index in [-0.39, 0.29) is 17.3 Å². The number of carbonyl (C=O) groups is 1. The predicted octanol–water partition coefficient (Wildman–Crippen LogP) is 1.47. The van der Waals surface area contributed by atoms with Crippen molar-refractivity contribution in [3.05, 3.63) is 46.8 Å². The van der Waals surface area contributed by atoms with Gasteiger partial charge in [-0.2, -0.15) is 0 Å². The first-order valence-corrected chi connectivity index (χ1v) is 8.40. The van der Waals surface area contributed by atoms with Crippen LogP contribution in [0.4, 0.5) is 0 Å².